The first-order chi connectivity index (χ1) is 9.08. The highest BCUT2D eigenvalue weighted by atomic mass is 35.5. The molecule has 0 fully saturated rings. The van der Waals surface area contributed by atoms with E-state index in [0.717, 1.165) is 6.42 Å². The molecule has 112 valence electrons. The maximum atomic E-state index is 11.9. The van der Waals surface area contributed by atoms with E-state index in [2.05, 4.69) is 11.9 Å². The molecule has 1 amide bonds. The number of hydrogen-bond donors (Lipinski definition) is 2. The zero-order valence-electron chi connectivity index (χ0n) is 12.0. The van der Waals surface area contributed by atoms with Gasteiger partial charge in [0.05, 0.1) is 6.04 Å². The molecule has 1 aromatic carbocycles. The fraction of sp³-hybridized carbons (Fsp3) is 0.400. The van der Waals surface area contributed by atoms with Gasteiger partial charge in [0, 0.05) is 11.8 Å². The molecule has 0 aliphatic rings. The third-order valence-electron chi connectivity index (χ3n) is 3.03. The lowest BCUT2D eigenvalue weighted by atomic mass is 9.99. The number of nitrogens with one attached hydrogen (secondary N) is 1. The van der Waals surface area contributed by atoms with Crippen molar-refractivity contribution in [3.8, 4) is 5.75 Å². The number of hydrogen-bond acceptors (Lipinski definition) is 3. The Morgan fingerprint density at radius 3 is 2.85 bits per heavy atom. The number of nitrogens with two attached hydrogens (primary N) is 1. The normalized spacial score (nSPS) is 12.8. The summed E-state index contributed by atoms with van der Waals surface area (Å²) in [6.45, 7) is 8.00. The van der Waals surface area contributed by atoms with Gasteiger partial charge in [-0.3, -0.25) is 4.79 Å². The summed E-state index contributed by atoms with van der Waals surface area (Å²) < 4.78 is 5.41. The van der Waals surface area contributed by atoms with Crippen molar-refractivity contribution in [2.45, 2.75) is 26.3 Å². The molecule has 1 rings (SSSR count). The lowest BCUT2D eigenvalue weighted by Gasteiger charge is -2.18. The molecule has 0 aliphatic heterocycles. The largest absolute Gasteiger partial charge is 0.489 e. The summed E-state index contributed by atoms with van der Waals surface area (Å²) in [5.41, 5.74) is 6.57. The molecule has 0 spiro atoms. The van der Waals surface area contributed by atoms with Crippen LogP contribution in [0.5, 0.6) is 5.75 Å². The van der Waals surface area contributed by atoms with E-state index in [1.807, 2.05) is 32.0 Å². The fourth-order valence-electron chi connectivity index (χ4n) is 1.56. The van der Waals surface area contributed by atoms with E-state index >= 15 is 0 Å². The molecule has 1 aromatic rings. The van der Waals surface area contributed by atoms with Gasteiger partial charge in [-0.2, -0.15) is 0 Å². The molecule has 20 heavy (non-hydrogen) atoms. The molecule has 2 atom stereocenters. The minimum Gasteiger partial charge on any atom is -0.489 e. The van der Waals surface area contributed by atoms with E-state index in [9.17, 15) is 4.79 Å². The first-order valence-corrected chi connectivity index (χ1v) is 6.48. The third kappa shape index (κ3) is 5.63. The zero-order valence-corrected chi connectivity index (χ0v) is 12.8. The van der Waals surface area contributed by atoms with Gasteiger partial charge in [-0.15, -0.1) is 12.4 Å². The quantitative estimate of drug-likeness (QED) is 0.761. The van der Waals surface area contributed by atoms with Crippen LogP contribution in [-0.4, -0.2) is 18.6 Å². The van der Waals surface area contributed by atoms with Crippen LogP contribution in [0.2, 0.25) is 0 Å². The van der Waals surface area contributed by atoms with Crippen molar-refractivity contribution in [3.63, 3.8) is 0 Å². The van der Waals surface area contributed by atoms with Crippen LogP contribution in [0.25, 0.3) is 0 Å². The van der Waals surface area contributed by atoms with Crippen molar-refractivity contribution in [2.75, 3.05) is 11.9 Å². The second kappa shape index (κ2) is 9.39. The smallest absolute Gasteiger partial charge is 0.241 e. The van der Waals surface area contributed by atoms with E-state index in [-0.39, 0.29) is 24.2 Å². The Kier molecular flexibility index (Phi) is 8.68. The first-order valence-electron chi connectivity index (χ1n) is 6.48. The number of carbonyl (C=O) groups is 1. The summed E-state index contributed by atoms with van der Waals surface area (Å²) in [5.74, 6) is 0.672. The summed E-state index contributed by atoms with van der Waals surface area (Å²) >= 11 is 0. The summed E-state index contributed by atoms with van der Waals surface area (Å²) in [6.07, 6.45) is 2.54. The number of ether oxygens (including phenoxy) is 1. The van der Waals surface area contributed by atoms with Crippen molar-refractivity contribution < 1.29 is 9.53 Å². The molecule has 0 radical (unpaired) electrons. The molecule has 5 heteroatoms. The number of anilines is 1. The van der Waals surface area contributed by atoms with Crippen LogP contribution in [0.3, 0.4) is 0 Å². The molecule has 0 saturated heterocycles. The Bertz CT molecular complexity index is 438. The maximum absolute atomic E-state index is 11.9. The van der Waals surface area contributed by atoms with E-state index in [1.165, 1.54) is 0 Å². The van der Waals surface area contributed by atoms with Crippen molar-refractivity contribution >= 4 is 24.0 Å². The number of benzene rings is 1. The van der Waals surface area contributed by atoms with Crippen LogP contribution in [0, 0.1) is 5.92 Å². The topological polar surface area (TPSA) is 64.3 Å². The Morgan fingerprint density at radius 2 is 2.25 bits per heavy atom. The van der Waals surface area contributed by atoms with E-state index in [1.54, 1.807) is 12.1 Å². The van der Waals surface area contributed by atoms with Gasteiger partial charge < -0.3 is 15.8 Å². The molecular formula is C15H23ClN2O2. The lowest BCUT2D eigenvalue weighted by Crippen LogP contribution is -2.40. The van der Waals surface area contributed by atoms with Crippen LogP contribution < -0.4 is 15.8 Å². The summed E-state index contributed by atoms with van der Waals surface area (Å²) in [6, 6.07) is 6.73. The van der Waals surface area contributed by atoms with Crippen LogP contribution in [0.4, 0.5) is 5.69 Å². The highest BCUT2D eigenvalue weighted by Gasteiger charge is 2.19. The molecule has 0 aliphatic carbocycles. The third-order valence-corrected chi connectivity index (χ3v) is 3.03. The highest BCUT2D eigenvalue weighted by Crippen LogP contribution is 2.18. The second-order valence-electron chi connectivity index (χ2n) is 4.53. The first kappa shape index (κ1) is 18.5. The van der Waals surface area contributed by atoms with Gasteiger partial charge >= 0.3 is 0 Å². The van der Waals surface area contributed by atoms with Gasteiger partial charge in [0.2, 0.25) is 5.91 Å². The van der Waals surface area contributed by atoms with Gasteiger partial charge in [0.15, 0.2) is 0 Å². The summed E-state index contributed by atoms with van der Waals surface area (Å²) in [5, 5.41) is 2.80. The molecule has 0 bridgehead atoms. The highest BCUT2D eigenvalue weighted by molar-refractivity contribution is 5.95. The van der Waals surface area contributed by atoms with Gasteiger partial charge in [-0.05, 0) is 18.1 Å². The number of halogens is 1. The van der Waals surface area contributed by atoms with Crippen molar-refractivity contribution in [2.24, 2.45) is 11.7 Å². The average Bonchev–Trinajstić information content (AvgIpc) is 2.43. The van der Waals surface area contributed by atoms with Crippen LogP contribution in [0.1, 0.15) is 20.3 Å². The molecule has 4 nitrogen and oxygen atoms in total. The van der Waals surface area contributed by atoms with E-state index in [0.29, 0.717) is 18.0 Å². The van der Waals surface area contributed by atoms with E-state index in [4.69, 9.17) is 10.5 Å². The lowest BCUT2D eigenvalue weighted by molar-refractivity contribution is -0.118. The maximum Gasteiger partial charge on any atom is 0.241 e. The number of amides is 1. The molecule has 0 aromatic heterocycles. The Labute approximate surface area is 126 Å². The summed E-state index contributed by atoms with van der Waals surface area (Å²) in [4.78, 5) is 11.9. The zero-order chi connectivity index (χ0) is 14.3. The molecule has 0 saturated carbocycles. The Balaban J connectivity index is 0.00000361. The molecule has 0 heterocycles. The van der Waals surface area contributed by atoms with Gasteiger partial charge in [-0.25, -0.2) is 0 Å². The Morgan fingerprint density at radius 1 is 1.55 bits per heavy atom. The fourth-order valence-corrected chi connectivity index (χ4v) is 1.56. The molecular weight excluding hydrogens is 276 g/mol. The second-order valence-corrected chi connectivity index (χ2v) is 4.53. The van der Waals surface area contributed by atoms with Gasteiger partial charge in [0.25, 0.3) is 0 Å². The van der Waals surface area contributed by atoms with Crippen LogP contribution in [-0.2, 0) is 4.79 Å². The predicted molar refractivity (Wildman–Crippen MR) is 85.4 cm³/mol. The molecule has 3 N–H and O–H groups in total. The predicted octanol–water partition coefficient (Wildman–Crippen LogP) is 2.99. The van der Waals surface area contributed by atoms with Crippen molar-refractivity contribution in [1.29, 1.82) is 0 Å². The monoisotopic (exact) mass is 298 g/mol. The van der Waals surface area contributed by atoms with Crippen LogP contribution in [0.15, 0.2) is 36.9 Å². The number of rotatable bonds is 7. The molecule has 2 unspecified atom stereocenters. The van der Waals surface area contributed by atoms with E-state index < -0.39 is 6.04 Å². The minimum atomic E-state index is -0.497. The number of carbonyl (C=O) groups excluding carboxylic acids is 1. The van der Waals surface area contributed by atoms with Crippen molar-refractivity contribution in [3.05, 3.63) is 36.9 Å². The standard InChI is InChI=1S/C15H22N2O2.ClH/c1-4-9-19-13-8-6-7-12(10-13)17-15(18)14(16)11(3)5-2;/h4,6-8,10-11,14H,1,5,9,16H2,2-3H3,(H,17,18);1H. The SMILES string of the molecule is C=CCOc1cccc(NC(=O)C(N)C(C)CC)c1.Cl. The van der Waals surface area contributed by atoms with Crippen LogP contribution >= 0.6 is 12.4 Å². The minimum absolute atomic E-state index is 0. The van der Waals surface area contributed by atoms with Crippen molar-refractivity contribution in [1.82, 2.24) is 0 Å². The average molecular weight is 299 g/mol. The Hall–Kier alpha value is -1.52. The van der Waals surface area contributed by atoms with Gasteiger partial charge in [0.1, 0.15) is 12.4 Å². The summed E-state index contributed by atoms with van der Waals surface area (Å²) in [7, 11) is 0. The van der Waals surface area contributed by atoms with Gasteiger partial charge in [-0.1, -0.05) is 39.0 Å².